The van der Waals surface area contributed by atoms with E-state index in [-0.39, 0.29) is 5.91 Å². The Hall–Kier alpha value is -3.03. The van der Waals surface area contributed by atoms with Gasteiger partial charge in [0.25, 0.3) is 5.91 Å². The second-order valence-electron chi connectivity index (χ2n) is 7.05. The molecule has 1 aliphatic heterocycles. The van der Waals surface area contributed by atoms with E-state index in [9.17, 15) is 4.79 Å². The number of aryl methyl sites for hydroxylation is 1. The van der Waals surface area contributed by atoms with E-state index in [1.54, 1.807) is 24.4 Å². The topological polar surface area (TPSA) is 80.2 Å². The molecule has 1 fully saturated rings. The first-order chi connectivity index (χ1) is 14.6. The summed E-state index contributed by atoms with van der Waals surface area (Å²) in [5.74, 6) is 0.685. The van der Waals surface area contributed by atoms with Crippen LogP contribution >= 0.6 is 11.6 Å². The monoisotopic (exact) mass is 423 g/mol. The third-order valence-electron chi connectivity index (χ3n) is 5.06. The van der Waals surface area contributed by atoms with Gasteiger partial charge in [0.15, 0.2) is 0 Å². The fourth-order valence-corrected chi connectivity index (χ4v) is 3.49. The second-order valence-corrected chi connectivity index (χ2v) is 7.48. The number of amides is 1. The van der Waals surface area contributed by atoms with Gasteiger partial charge < -0.3 is 15.0 Å². The number of morpholine rings is 1. The Labute approximate surface area is 180 Å². The van der Waals surface area contributed by atoms with Gasteiger partial charge in [0, 0.05) is 42.0 Å². The van der Waals surface area contributed by atoms with Gasteiger partial charge in [-0.1, -0.05) is 23.7 Å². The van der Waals surface area contributed by atoms with Gasteiger partial charge in [0.05, 0.1) is 30.7 Å². The van der Waals surface area contributed by atoms with Gasteiger partial charge in [-0.3, -0.25) is 4.79 Å². The second kappa shape index (κ2) is 9.19. The Bertz CT molecular complexity index is 1040. The summed E-state index contributed by atoms with van der Waals surface area (Å²) in [6.45, 7) is 5.34. The van der Waals surface area contributed by atoms with Crippen molar-refractivity contribution < 1.29 is 9.53 Å². The normalized spacial score (nSPS) is 13.9. The van der Waals surface area contributed by atoms with Crippen molar-refractivity contribution in [1.82, 2.24) is 20.5 Å². The van der Waals surface area contributed by atoms with E-state index in [0.29, 0.717) is 36.0 Å². The number of benzene rings is 1. The highest BCUT2D eigenvalue weighted by molar-refractivity contribution is 6.30. The standard InChI is InChI=1S/C22H22ClN5O2/c1-15-6-7-24-21(28-8-10-30-11-9-28)19(15)14-25-22(29)17-12-20(27-26-13-17)16-2-4-18(23)5-3-16/h2-7,12-13H,8-11,14H2,1H3,(H,25,29). The number of nitrogens with zero attached hydrogens (tertiary/aromatic N) is 4. The first-order valence-corrected chi connectivity index (χ1v) is 10.1. The molecule has 0 saturated carbocycles. The number of rotatable bonds is 5. The van der Waals surface area contributed by atoms with Crippen LogP contribution in [0.5, 0.6) is 0 Å². The number of anilines is 1. The molecular formula is C22H22ClN5O2. The van der Waals surface area contributed by atoms with Crippen molar-refractivity contribution in [3.63, 3.8) is 0 Å². The van der Waals surface area contributed by atoms with Crippen LogP contribution in [0.2, 0.25) is 5.02 Å². The minimum atomic E-state index is -0.212. The third kappa shape index (κ3) is 4.58. The van der Waals surface area contributed by atoms with Crippen LogP contribution in [0, 0.1) is 6.92 Å². The minimum absolute atomic E-state index is 0.212. The average molecular weight is 424 g/mol. The van der Waals surface area contributed by atoms with E-state index in [4.69, 9.17) is 16.3 Å². The maximum Gasteiger partial charge on any atom is 0.253 e. The number of hydrogen-bond donors (Lipinski definition) is 1. The summed E-state index contributed by atoms with van der Waals surface area (Å²) in [5, 5.41) is 11.8. The minimum Gasteiger partial charge on any atom is -0.378 e. The molecule has 1 amide bonds. The van der Waals surface area contributed by atoms with Gasteiger partial charge in [0.1, 0.15) is 5.82 Å². The first-order valence-electron chi connectivity index (χ1n) is 9.76. The van der Waals surface area contributed by atoms with Crippen LogP contribution in [0.25, 0.3) is 11.3 Å². The number of carbonyl (C=O) groups is 1. The summed E-state index contributed by atoms with van der Waals surface area (Å²) >= 11 is 5.95. The van der Waals surface area contributed by atoms with Crippen molar-refractivity contribution >= 4 is 23.3 Å². The maximum atomic E-state index is 12.8. The molecule has 30 heavy (non-hydrogen) atoms. The highest BCUT2D eigenvalue weighted by Gasteiger charge is 2.18. The van der Waals surface area contributed by atoms with Crippen LogP contribution < -0.4 is 10.2 Å². The molecule has 1 aliphatic rings. The van der Waals surface area contributed by atoms with Crippen LogP contribution in [-0.4, -0.2) is 47.4 Å². The fraction of sp³-hybridized carbons (Fsp3) is 0.273. The molecule has 1 saturated heterocycles. The summed E-state index contributed by atoms with van der Waals surface area (Å²) in [6.07, 6.45) is 3.27. The molecule has 4 rings (SSSR count). The molecule has 0 spiro atoms. The Kier molecular flexibility index (Phi) is 6.21. The summed E-state index contributed by atoms with van der Waals surface area (Å²) < 4.78 is 5.44. The molecule has 0 aliphatic carbocycles. The van der Waals surface area contributed by atoms with Gasteiger partial charge in [-0.2, -0.15) is 10.2 Å². The number of ether oxygens (including phenoxy) is 1. The van der Waals surface area contributed by atoms with Gasteiger partial charge in [-0.05, 0) is 36.8 Å². The zero-order valence-electron chi connectivity index (χ0n) is 16.6. The van der Waals surface area contributed by atoms with E-state index in [2.05, 4.69) is 25.4 Å². The molecule has 2 aromatic heterocycles. The van der Waals surface area contributed by atoms with Crippen LogP contribution in [0.3, 0.4) is 0 Å². The molecule has 3 heterocycles. The Morgan fingerprint density at radius 3 is 2.73 bits per heavy atom. The molecule has 0 bridgehead atoms. The van der Waals surface area contributed by atoms with Crippen molar-refractivity contribution in [3.8, 4) is 11.3 Å². The zero-order chi connectivity index (χ0) is 20.9. The highest BCUT2D eigenvalue weighted by Crippen LogP contribution is 2.23. The molecule has 1 N–H and O–H groups in total. The molecule has 8 heteroatoms. The lowest BCUT2D eigenvalue weighted by Gasteiger charge is -2.30. The predicted octanol–water partition coefficient (Wildman–Crippen LogP) is 3.27. The average Bonchev–Trinajstić information content (AvgIpc) is 2.79. The van der Waals surface area contributed by atoms with E-state index in [1.807, 2.05) is 25.1 Å². The summed E-state index contributed by atoms with van der Waals surface area (Å²) in [5.41, 5.74) is 4.00. The maximum absolute atomic E-state index is 12.8. The first kappa shape index (κ1) is 20.3. The number of hydrogen-bond acceptors (Lipinski definition) is 6. The lowest BCUT2D eigenvalue weighted by molar-refractivity contribution is 0.0950. The van der Waals surface area contributed by atoms with Crippen LogP contribution in [0.4, 0.5) is 5.82 Å². The van der Waals surface area contributed by atoms with Crippen molar-refractivity contribution in [2.45, 2.75) is 13.5 Å². The van der Waals surface area contributed by atoms with Crippen molar-refractivity contribution in [2.24, 2.45) is 0 Å². The number of nitrogens with one attached hydrogen (secondary N) is 1. The van der Waals surface area contributed by atoms with Gasteiger partial charge >= 0.3 is 0 Å². The number of aromatic nitrogens is 3. The Morgan fingerprint density at radius 1 is 1.20 bits per heavy atom. The molecule has 3 aromatic rings. The molecule has 0 radical (unpaired) electrons. The Balaban J connectivity index is 1.50. The largest absolute Gasteiger partial charge is 0.378 e. The number of pyridine rings is 1. The van der Waals surface area contributed by atoms with E-state index in [1.165, 1.54) is 6.20 Å². The van der Waals surface area contributed by atoms with Crippen molar-refractivity contribution in [3.05, 3.63) is 70.5 Å². The van der Waals surface area contributed by atoms with Crippen LogP contribution in [-0.2, 0) is 11.3 Å². The molecule has 0 unspecified atom stereocenters. The summed E-state index contributed by atoms with van der Waals surface area (Å²) in [6, 6.07) is 10.9. The summed E-state index contributed by atoms with van der Waals surface area (Å²) in [7, 11) is 0. The predicted molar refractivity (Wildman–Crippen MR) is 116 cm³/mol. The van der Waals surface area contributed by atoms with E-state index < -0.39 is 0 Å². The Morgan fingerprint density at radius 2 is 1.97 bits per heavy atom. The van der Waals surface area contributed by atoms with Gasteiger partial charge in [0.2, 0.25) is 0 Å². The SMILES string of the molecule is Cc1ccnc(N2CCOCC2)c1CNC(=O)c1cnnc(-c2ccc(Cl)cc2)c1. The third-order valence-corrected chi connectivity index (χ3v) is 5.31. The fourth-order valence-electron chi connectivity index (χ4n) is 3.36. The van der Waals surface area contributed by atoms with Crippen LogP contribution in [0.1, 0.15) is 21.5 Å². The highest BCUT2D eigenvalue weighted by atomic mass is 35.5. The number of halogens is 1. The van der Waals surface area contributed by atoms with Gasteiger partial charge in [-0.15, -0.1) is 0 Å². The lowest BCUT2D eigenvalue weighted by Crippen LogP contribution is -2.38. The smallest absolute Gasteiger partial charge is 0.253 e. The van der Waals surface area contributed by atoms with E-state index in [0.717, 1.165) is 35.6 Å². The zero-order valence-corrected chi connectivity index (χ0v) is 17.4. The number of carbonyl (C=O) groups excluding carboxylic acids is 1. The summed E-state index contributed by atoms with van der Waals surface area (Å²) in [4.78, 5) is 19.6. The molecule has 7 nitrogen and oxygen atoms in total. The molecule has 0 atom stereocenters. The van der Waals surface area contributed by atoms with Gasteiger partial charge in [-0.25, -0.2) is 4.98 Å². The van der Waals surface area contributed by atoms with E-state index >= 15 is 0 Å². The lowest BCUT2D eigenvalue weighted by atomic mass is 10.1. The quantitative estimate of drug-likeness (QED) is 0.678. The molecule has 1 aromatic carbocycles. The van der Waals surface area contributed by atoms with Crippen molar-refractivity contribution in [1.29, 1.82) is 0 Å². The van der Waals surface area contributed by atoms with Crippen LogP contribution in [0.15, 0.2) is 48.8 Å². The molecular weight excluding hydrogens is 402 g/mol. The van der Waals surface area contributed by atoms with Crippen molar-refractivity contribution in [2.75, 3.05) is 31.2 Å². The molecule has 154 valence electrons.